The molecule has 120 valence electrons. The predicted molar refractivity (Wildman–Crippen MR) is 86.1 cm³/mol. The number of nitrogens with two attached hydrogens (primary N) is 1. The van der Waals surface area contributed by atoms with Crippen molar-refractivity contribution in [2.75, 3.05) is 13.6 Å². The fourth-order valence-corrected chi connectivity index (χ4v) is 2.43. The molecular formula is C16H30N4O. The summed E-state index contributed by atoms with van der Waals surface area (Å²) < 4.78 is 2.06. The summed E-state index contributed by atoms with van der Waals surface area (Å²) in [6.07, 6.45) is 1.26. The van der Waals surface area contributed by atoms with E-state index in [0.29, 0.717) is 18.9 Å². The SMILES string of the molecule is Cc1nn(CC(C)C)c(C)c1CCC(=O)N(C)C(C)CN. The van der Waals surface area contributed by atoms with Crippen molar-refractivity contribution >= 4 is 5.91 Å². The van der Waals surface area contributed by atoms with Crippen LogP contribution in [0, 0.1) is 19.8 Å². The lowest BCUT2D eigenvalue weighted by molar-refractivity contribution is -0.131. The predicted octanol–water partition coefficient (Wildman–Crippen LogP) is 1.89. The number of amides is 1. The Balaban J connectivity index is 2.72. The molecule has 0 saturated carbocycles. The second-order valence-corrected chi connectivity index (χ2v) is 6.31. The van der Waals surface area contributed by atoms with Gasteiger partial charge in [-0.05, 0) is 38.7 Å². The van der Waals surface area contributed by atoms with E-state index in [1.807, 2.05) is 20.9 Å². The third-order valence-electron chi connectivity index (χ3n) is 4.05. The van der Waals surface area contributed by atoms with Gasteiger partial charge in [0.25, 0.3) is 0 Å². The van der Waals surface area contributed by atoms with E-state index >= 15 is 0 Å². The molecule has 0 radical (unpaired) electrons. The molecule has 2 N–H and O–H groups in total. The summed E-state index contributed by atoms with van der Waals surface area (Å²) in [4.78, 5) is 13.9. The maximum atomic E-state index is 12.2. The maximum Gasteiger partial charge on any atom is 0.222 e. The van der Waals surface area contributed by atoms with Gasteiger partial charge < -0.3 is 10.6 Å². The summed E-state index contributed by atoms with van der Waals surface area (Å²) in [5.41, 5.74) is 9.04. The van der Waals surface area contributed by atoms with E-state index in [9.17, 15) is 4.79 Å². The minimum Gasteiger partial charge on any atom is -0.342 e. The molecule has 1 heterocycles. The fraction of sp³-hybridized carbons (Fsp3) is 0.750. The molecular weight excluding hydrogens is 264 g/mol. The summed E-state index contributed by atoms with van der Waals surface area (Å²) in [6, 6.07) is 0.0864. The first-order valence-corrected chi connectivity index (χ1v) is 7.76. The number of aromatic nitrogens is 2. The lowest BCUT2D eigenvalue weighted by Gasteiger charge is -2.23. The molecule has 1 aromatic heterocycles. The molecule has 1 amide bonds. The number of carbonyl (C=O) groups excluding carboxylic acids is 1. The standard InChI is InChI=1S/C16H30N4O/c1-11(2)10-20-14(5)15(13(4)18-20)7-8-16(21)19(6)12(3)9-17/h11-12H,7-10,17H2,1-6H3. The third kappa shape index (κ3) is 4.56. The molecule has 5 heteroatoms. The molecule has 0 fully saturated rings. The van der Waals surface area contributed by atoms with Crippen LogP contribution >= 0.6 is 0 Å². The molecule has 0 bridgehead atoms. The van der Waals surface area contributed by atoms with Crippen LogP contribution in [0.5, 0.6) is 0 Å². The van der Waals surface area contributed by atoms with Gasteiger partial charge >= 0.3 is 0 Å². The summed E-state index contributed by atoms with van der Waals surface area (Å²) in [5.74, 6) is 0.706. The zero-order valence-electron chi connectivity index (χ0n) is 14.3. The number of carbonyl (C=O) groups is 1. The number of aryl methyl sites for hydroxylation is 1. The third-order valence-corrected chi connectivity index (χ3v) is 4.05. The smallest absolute Gasteiger partial charge is 0.222 e. The Kier molecular flexibility index (Phi) is 6.40. The molecule has 1 rings (SSSR count). The molecule has 0 aromatic carbocycles. The van der Waals surface area contributed by atoms with Gasteiger partial charge in [0.05, 0.1) is 5.69 Å². The van der Waals surface area contributed by atoms with Crippen molar-refractivity contribution in [3.8, 4) is 0 Å². The highest BCUT2D eigenvalue weighted by Gasteiger charge is 2.17. The summed E-state index contributed by atoms with van der Waals surface area (Å²) in [6.45, 7) is 11.9. The molecule has 1 aromatic rings. The molecule has 1 atom stereocenters. The van der Waals surface area contributed by atoms with Gasteiger partial charge in [0.15, 0.2) is 0 Å². The first-order chi connectivity index (χ1) is 9.77. The minimum atomic E-state index is 0.0864. The van der Waals surface area contributed by atoms with Crippen molar-refractivity contribution in [1.82, 2.24) is 14.7 Å². The van der Waals surface area contributed by atoms with Crippen LogP contribution in [0.2, 0.25) is 0 Å². The average molecular weight is 294 g/mol. The van der Waals surface area contributed by atoms with Crippen molar-refractivity contribution in [1.29, 1.82) is 0 Å². The van der Waals surface area contributed by atoms with Crippen LogP contribution in [0.25, 0.3) is 0 Å². The van der Waals surface area contributed by atoms with E-state index in [4.69, 9.17) is 5.73 Å². The second kappa shape index (κ2) is 7.59. The summed E-state index contributed by atoms with van der Waals surface area (Å²) in [7, 11) is 1.82. The van der Waals surface area contributed by atoms with E-state index in [-0.39, 0.29) is 11.9 Å². The highest BCUT2D eigenvalue weighted by Crippen LogP contribution is 2.17. The van der Waals surface area contributed by atoms with Gasteiger partial charge in [0, 0.05) is 38.3 Å². The first kappa shape index (κ1) is 17.7. The molecule has 21 heavy (non-hydrogen) atoms. The second-order valence-electron chi connectivity index (χ2n) is 6.31. The Bertz CT molecular complexity index is 479. The van der Waals surface area contributed by atoms with Crippen LogP contribution < -0.4 is 5.73 Å². The quantitative estimate of drug-likeness (QED) is 0.835. The van der Waals surface area contributed by atoms with Crippen LogP contribution in [-0.2, 0) is 17.8 Å². The molecule has 0 aliphatic heterocycles. The van der Waals surface area contributed by atoms with Gasteiger partial charge in [-0.2, -0.15) is 5.10 Å². The van der Waals surface area contributed by atoms with E-state index in [1.54, 1.807) is 4.90 Å². The highest BCUT2D eigenvalue weighted by atomic mass is 16.2. The highest BCUT2D eigenvalue weighted by molar-refractivity contribution is 5.76. The van der Waals surface area contributed by atoms with Gasteiger partial charge in [0.2, 0.25) is 5.91 Å². The summed E-state index contributed by atoms with van der Waals surface area (Å²) in [5, 5.41) is 4.60. The molecule has 1 unspecified atom stereocenters. The number of likely N-dealkylation sites (N-methyl/N-ethyl adjacent to an activating group) is 1. The number of hydrogen-bond acceptors (Lipinski definition) is 3. The molecule has 0 aliphatic carbocycles. The van der Waals surface area contributed by atoms with Crippen molar-refractivity contribution in [2.24, 2.45) is 11.7 Å². The number of rotatable bonds is 7. The Morgan fingerprint density at radius 3 is 2.48 bits per heavy atom. The van der Waals surface area contributed by atoms with Crippen molar-refractivity contribution < 1.29 is 4.79 Å². The zero-order chi connectivity index (χ0) is 16.2. The van der Waals surface area contributed by atoms with Crippen LogP contribution in [-0.4, -0.2) is 40.2 Å². The average Bonchev–Trinajstić information content (AvgIpc) is 2.68. The van der Waals surface area contributed by atoms with E-state index in [1.165, 1.54) is 11.3 Å². The first-order valence-electron chi connectivity index (χ1n) is 7.76. The minimum absolute atomic E-state index is 0.0864. The van der Waals surface area contributed by atoms with Crippen molar-refractivity contribution in [2.45, 2.75) is 60.0 Å². The maximum absolute atomic E-state index is 12.2. The van der Waals surface area contributed by atoms with Gasteiger partial charge in [-0.3, -0.25) is 9.48 Å². The van der Waals surface area contributed by atoms with Gasteiger partial charge in [0.1, 0.15) is 0 Å². The lowest BCUT2D eigenvalue weighted by atomic mass is 10.1. The number of hydrogen-bond donors (Lipinski definition) is 1. The largest absolute Gasteiger partial charge is 0.342 e. The van der Waals surface area contributed by atoms with Crippen molar-refractivity contribution in [3.63, 3.8) is 0 Å². The van der Waals surface area contributed by atoms with Gasteiger partial charge in [-0.25, -0.2) is 0 Å². The molecule has 5 nitrogen and oxygen atoms in total. The van der Waals surface area contributed by atoms with E-state index < -0.39 is 0 Å². The van der Waals surface area contributed by atoms with Crippen LogP contribution in [0.4, 0.5) is 0 Å². The van der Waals surface area contributed by atoms with E-state index in [2.05, 4.69) is 30.6 Å². The van der Waals surface area contributed by atoms with Crippen LogP contribution in [0.3, 0.4) is 0 Å². The Labute approximate surface area is 128 Å². The van der Waals surface area contributed by atoms with E-state index in [0.717, 1.165) is 18.7 Å². The topological polar surface area (TPSA) is 64.2 Å². The van der Waals surface area contributed by atoms with Crippen LogP contribution in [0.15, 0.2) is 0 Å². The van der Waals surface area contributed by atoms with Crippen molar-refractivity contribution in [3.05, 3.63) is 17.0 Å². The summed E-state index contributed by atoms with van der Waals surface area (Å²) >= 11 is 0. The fourth-order valence-electron chi connectivity index (χ4n) is 2.43. The van der Waals surface area contributed by atoms with Gasteiger partial charge in [-0.1, -0.05) is 13.8 Å². The molecule has 0 aliphatic rings. The Morgan fingerprint density at radius 1 is 1.33 bits per heavy atom. The molecule has 0 saturated heterocycles. The zero-order valence-corrected chi connectivity index (χ0v) is 14.3. The molecule has 0 spiro atoms. The monoisotopic (exact) mass is 294 g/mol. The number of nitrogens with zero attached hydrogens (tertiary/aromatic N) is 3. The Morgan fingerprint density at radius 2 is 1.95 bits per heavy atom. The normalized spacial score (nSPS) is 12.8. The Hall–Kier alpha value is -1.36. The lowest BCUT2D eigenvalue weighted by Crippen LogP contribution is -2.39. The van der Waals surface area contributed by atoms with Gasteiger partial charge in [-0.15, -0.1) is 0 Å². The van der Waals surface area contributed by atoms with Crippen LogP contribution in [0.1, 0.15) is 44.1 Å².